The maximum absolute atomic E-state index is 13.6. The molecule has 21 heavy (non-hydrogen) atoms. The van der Waals surface area contributed by atoms with Gasteiger partial charge in [-0.2, -0.15) is 4.98 Å². The second-order valence-corrected chi connectivity index (χ2v) is 4.32. The van der Waals surface area contributed by atoms with E-state index in [1.54, 1.807) is 0 Å². The number of nitrogens with zero attached hydrogens (tertiary/aromatic N) is 3. The Morgan fingerprint density at radius 3 is 2.81 bits per heavy atom. The number of pyridine rings is 1. The fourth-order valence-electron chi connectivity index (χ4n) is 1.84. The summed E-state index contributed by atoms with van der Waals surface area (Å²) < 4.78 is 31.4. The number of hydrogen-bond acceptors (Lipinski definition) is 5. The van der Waals surface area contributed by atoms with Gasteiger partial charge < -0.3 is 9.63 Å². The predicted molar refractivity (Wildman–Crippen MR) is 68.4 cm³/mol. The van der Waals surface area contributed by atoms with Crippen molar-refractivity contribution in [3.8, 4) is 17.2 Å². The van der Waals surface area contributed by atoms with Gasteiger partial charge in [0.15, 0.2) is 5.82 Å². The van der Waals surface area contributed by atoms with Crippen LogP contribution >= 0.6 is 0 Å². The van der Waals surface area contributed by atoms with Gasteiger partial charge in [0.25, 0.3) is 5.89 Å². The molecular weight excluding hydrogens is 280 g/mol. The first-order valence-corrected chi connectivity index (χ1v) is 6.03. The SMILES string of the molecule is Oc1cnccc1-c1nc(Cc2ccc(F)cc2F)no1. The van der Waals surface area contributed by atoms with Crippen LogP contribution in [0.3, 0.4) is 0 Å². The van der Waals surface area contributed by atoms with E-state index in [9.17, 15) is 13.9 Å². The van der Waals surface area contributed by atoms with Crippen LogP contribution in [0.1, 0.15) is 11.4 Å². The highest BCUT2D eigenvalue weighted by Crippen LogP contribution is 2.26. The maximum Gasteiger partial charge on any atom is 0.261 e. The summed E-state index contributed by atoms with van der Waals surface area (Å²) in [5.74, 6) is -1.08. The van der Waals surface area contributed by atoms with Gasteiger partial charge in [-0.3, -0.25) is 4.98 Å². The van der Waals surface area contributed by atoms with E-state index in [1.807, 2.05) is 0 Å². The number of halogens is 2. The Balaban J connectivity index is 1.87. The minimum atomic E-state index is -0.673. The average Bonchev–Trinajstić information content (AvgIpc) is 2.91. The second-order valence-electron chi connectivity index (χ2n) is 4.32. The van der Waals surface area contributed by atoms with Gasteiger partial charge in [-0.05, 0) is 17.7 Å². The third kappa shape index (κ3) is 2.71. The molecule has 0 aliphatic heterocycles. The minimum Gasteiger partial charge on any atom is -0.505 e. The lowest BCUT2D eigenvalue weighted by Gasteiger charge is -1.99. The van der Waals surface area contributed by atoms with Crippen molar-refractivity contribution >= 4 is 0 Å². The topological polar surface area (TPSA) is 72.0 Å². The summed E-state index contributed by atoms with van der Waals surface area (Å²) in [6, 6.07) is 4.80. The van der Waals surface area contributed by atoms with Crippen LogP contribution in [0, 0.1) is 11.6 Å². The number of benzene rings is 1. The average molecular weight is 289 g/mol. The van der Waals surface area contributed by atoms with Gasteiger partial charge in [0, 0.05) is 18.7 Å². The molecule has 0 atom stereocenters. The van der Waals surface area contributed by atoms with Crippen LogP contribution < -0.4 is 0 Å². The summed E-state index contributed by atoms with van der Waals surface area (Å²) >= 11 is 0. The zero-order chi connectivity index (χ0) is 14.8. The van der Waals surface area contributed by atoms with Gasteiger partial charge in [0.05, 0.1) is 11.8 Å². The molecule has 0 saturated heterocycles. The smallest absolute Gasteiger partial charge is 0.261 e. The van der Waals surface area contributed by atoms with Gasteiger partial charge in [-0.1, -0.05) is 11.2 Å². The van der Waals surface area contributed by atoms with Crippen molar-refractivity contribution in [3.05, 3.63) is 59.7 Å². The molecule has 0 aliphatic carbocycles. The first kappa shape index (κ1) is 13.2. The van der Waals surface area contributed by atoms with Crippen molar-refractivity contribution < 1.29 is 18.4 Å². The number of rotatable bonds is 3. The second kappa shape index (κ2) is 5.28. The van der Waals surface area contributed by atoms with Crippen LogP contribution in [0.25, 0.3) is 11.5 Å². The van der Waals surface area contributed by atoms with Gasteiger partial charge in [0.1, 0.15) is 17.4 Å². The van der Waals surface area contributed by atoms with E-state index in [0.717, 1.165) is 12.1 Å². The standard InChI is InChI=1S/C14H9F2N3O2/c15-9-2-1-8(11(16)6-9)5-13-18-14(21-19-13)10-3-4-17-7-12(10)20/h1-4,6-7,20H,5H2. The monoisotopic (exact) mass is 289 g/mol. The van der Waals surface area contributed by atoms with Gasteiger partial charge in [-0.25, -0.2) is 8.78 Å². The quantitative estimate of drug-likeness (QED) is 0.802. The largest absolute Gasteiger partial charge is 0.505 e. The lowest BCUT2D eigenvalue weighted by atomic mass is 10.1. The molecular formula is C14H9F2N3O2. The van der Waals surface area contributed by atoms with E-state index in [1.165, 1.54) is 24.5 Å². The highest BCUT2D eigenvalue weighted by molar-refractivity contribution is 5.60. The molecule has 0 radical (unpaired) electrons. The third-order valence-corrected chi connectivity index (χ3v) is 2.86. The fraction of sp³-hybridized carbons (Fsp3) is 0.0714. The maximum atomic E-state index is 13.6. The highest BCUT2D eigenvalue weighted by Gasteiger charge is 2.14. The Kier molecular flexibility index (Phi) is 3.31. The molecule has 0 unspecified atom stereocenters. The lowest BCUT2D eigenvalue weighted by molar-refractivity contribution is 0.418. The molecule has 0 saturated carbocycles. The minimum absolute atomic E-state index is 0.0570. The van der Waals surface area contributed by atoms with Crippen LogP contribution in [0.4, 0.5) is 8.78 Å². The molecule has 0 amide bonds. The summed E-state index contributed by atoms with van der Waals surface area (Å²) in [6.45, 7) is 0. The number of hydrogen-bond donors (Lipinski definition) is 1. The predicted octanol–water partition coefficient (Wildman–Crippen LogP) is 2.71. The molecule has 0 bridgehead atoms. The summed E-state index contributed by atoms with van der Waals surface area (Å²) in [5, 5.41) is 13.4. The summed E-state index contributed by atoms with van der Waals surface area (Å²) in [4.78, 5) is 7.81. The van der Waals surface area contributed by atoms with Crippen LogP contribution in [-0.2, 0) is 6.42 Å². The van der Waals surface area contributed by atoms with E-state index < -0.39 is 11.6 Å². The van der Waals surface area contributed by atoms with Crippen LogP contribution in [-0.4, -0.2) is 20.2 Å². The van der Waals surface area contributed by atoms with Crippen LogP contribution in [0.5, 0.6) is 5.75 Å². The molecule has 2 aromatic heterocycles. The van der Waals surface area contributed by atoms with E-state index >= 15 is 0 Å². The van der Waals surface area contributed by atoms with Crippen molar-refractivity contribution in [1.82, 2.24) is 15.1 Å². The number of aromatic hydroxyl groups is 1. The van der Waals surface area contributed by atoms with E-state index in [0.29, 0.717) is 5.56 Å². The molecule has 1 aromatic carbocycles. The Morgan fingerprint density at radius 2 is 2.05 bits per heavy atom. The van der Waals surface area contributed by atoms with Crippen molar-refractivity contribution in [2.75, 3.05) is 0 Å². The first-order chi connectivity index (χ1) is 10.1. The Morgan fingerprint density at radius 1 is 1.19 bits per heavy atom. The first-order valence-electron chi connectivity index (χ1n) is 6.03. The Hall–Kier alpha value is -2.83. The van der Waals surface area contributed by atoms with Crippen molar-refractivity contribution in [2.45, 2.75) is 6.42 Å². The Labute approximate surface area is 117 Å². The zero-order valence-corrected chi connectivity index (χ0v) is 10.6. The normalized spacial score (nSPS) is 10.8. The van der Waals surface area contributed by atoms with E-state index in [-0.39, 0.29) is 29.4 Å². The molecule has 7 heteroatoms. The fourth-order valence-corrected chi connectivity index (χ4v) is 1.84. The van der Waals surface area contributed by atoms with Crippen molar-refractivity contribution in [1.29, 1.82) is 0 Å². The highest BCUT2D eigenvalue weighted by atomic mass is 19.1. The zero-order valence-electron chi connectivity index (χ0n) is 10.6. The van der Waals surface area contributed by atoms with E-state index in [4.69, 9.17) is 4.52 Å². The summed E-state index contributed by atoms with van der Waals surface area (Å²) in [7, 11) is 0. The van der Waals surface area contributed by atoms with Crippen LogP contribution in [0.15, 0.2) is 41.2 Å². The van der Waals surface area contributed by atoms with Gasteiger partial charge >= 0.3 is 0 Å². The molecule has 2 heterocycles. The molecule has 1 N–H and O–H groups in total. The van der Waals surface area contributed by atoms with Crippen molar-refractivity contribution in [3.63, 3.8) is 0 Å². The third-order valence-electron chi connectivity index (χ3n) is 2.86. The van der Waals surface area contributed by atoms with E-state index in [2.05, 4.69) is 15.1 Å². The van der Waals surface area contributed by atoms with Crippen molar-refractivity contribution in [2.24, 2.45) is 0 Å². The van der Waals surface area contributed by atoms with Gasteiger partial charge in [-0.15, -0.1) is 0 Å². The molecule has 106 valence electrons. The number of aromatic nitrogens is 3. The summed E-state index contributed by atoms with van der Waals surface area (Å²) in [5.41, 5.74) is 0.589. The molecule has 3 aromatic rings. The molecule has 5 nitrogen and oxygen atoms in total. The summed E-state index contributed by atoms with van der Waals surface area (Å²) in [6.07, 6.45) is 2.78. The molecule has 0 fully saturated rings. The molecule has 0 aliphatic rings. The molecule has 3 rings (SSSR count). The lowest BCUT2D eigenvalue weighted by Crippen LogP contribution is -1.95. The van der Waals surface area contributed by atoms with Gasteiger partial charge in [0.2, 0.25) is 0 Å². The Bertz CT molecular complexity index is 789. The van der Waals surface area contributed by atoms with Crippen LogP contribution in [0.2, 0.25) is 0 Å². The molecule has 0 spiro atoms.